The van der Waals surface area contributed by atoms with Crippen LogP contribution in [-0.2, 0) is 4.79 Å². The van der Waals surface area contributed by atoms with Crippen LogP contribution >= 0.6 is 0 Å². The zero-order chi connectivity index (χ0) is 23.4. The third-order valence-electron chi connectivity index (χ3n) is 7.12. The Balaban J connectivity index is 1.52. The van der Waals surface area contributed by atoms with Gasteiger partial charge < -0.3 is 9.88 Å². The molecule has 0 unspecified atom stereocenters. The van der Waals surface area contributed by atoms with Crippen molar-refractivity contribution in [2.24, 2.45) is 0 Å². The summed E-state index contributed by atoms with van der Waals surface area (Å²) in [6.45, 7) is 11.2. The Morgan fingerprint density at radius 1 is 1.21 bits per heavy atom. The van der Waals surface area contributed by atoms with Crippen molar-refractivity contribution >= 4 is 22.5 Å². The lowest BCUT2D eigenvalue weighted by Gasteiger charge is -2.39. The van der Waals surface area contributed by atoms with Crippen molar-refractivity contribution < 1.29 is 4.79 Å². The molecule has 3 aromatic heterocycles. The van der Waals surface area contributed by atoms with Gasteiger partial charge in [0, 0.05) is 55.8 Å². The minimum atomic E-state index is 0.163. The molecule has 1 aliphatic rings. The summed E-state index contributed by atoms with van der Waals surface area (Å²) in [6, 6.07) is 6.81. The molecule has 1 N–H and O–H groups in total. The second kappa shape index (κ2) is 7.99. The summed E-state index contributed by atoms with van der Waals surface area (Å²) in [6.07, 6.45) is 3.70. The summed E-state index contributed by atoms with van der Waals surface area (Å²) in [5.74, 6) is 1.00. The first-order valence-electron chi connectivity index (χ1n) is 11.6. The number of carbonyl (C=O) groups excluding carboxylic acids is 1. The molecule has 5 rings (SSSR count). The van der Waals surface area contributed by atoms with Crippen molar-refractivity contribution in [2.75, 3.05) is 33.7 Å². The van der Waals surface area contributed by atoms with E-state index in [4.69, 9.17) is 0 Å². The lowest BCUT2D eigenvalue weighted by Crippen LogP contribution is -2.49. The van der Waals surface area contributed by atoms with E-state index in [0.29, 0.717) is 18.4 Å². The maximum Gasteiger partial charge on any atom is 0.236 e. The van der Waals surface area contributed by atoms with E-state index in [1.807, 2.05) is 18.6 Å². The van der Waals surface area contributed by atoms with Gasteiger partial charge >= 0.3 is 0 Å². The number of amides is 1. The van der Waals surface area contributed by atoms with Gasteiger partial charge in [0.2, 0.25) is 5.91 Å². The Morgan fingerprint density at radius 2 is 1.97 bits per heavy atom. The van der Waals surface area contributed by atoms with Crippen LogP contribution < -0.4 is 0 Å². The molecule has 4 aromatic rings. The van der Waals surface area contributed by atoms with E-state index in [9.17, 15) is 4.79 Å². The average molecular weight is 445 g/mol. The number of hydrogen-bond donors (Lipinski definition) is 1. The second-order valence-electron chi connectivity index (χ2n) is 9.87. The summed E-state index contributed by atoms with van der Waals surface area (Å²) >= 11 is 0. The Bertz CT molecular complexity index is 1360. The molecule has 1 amide bonds. The molecule has 7 heteroatoms. The van der Waals surface area contributed by atoms with E-state index in [2.05, 4.69) is 72.1 Å². The molecule has 4 heterocycles. The molecule has 0 radical (unpaired) electrons. The molecule has 7 nitrogen and oxygen atoms in total. The fourth-order valence-corrected chi connectivity index (χ4v) is 4.99. The van der Waals surface area contributed by atoms with Crippen molar-refractivity contribution in [3.8, 4) is 11.3 Å². The number of H-pyrrole nitrogens is 1. The first-order chi connectivity index (χ1) is 15.7. The molecule has 172 valence electrons. The minimum Gasteiger partial charge on any atom is -0.354 e. The monoisotopic (exact) mass is 444 g/mol. The van der Waals surface area contributed by atoms with Crippen molar-refractivity contribution in [3.63, 3.8) is 0 Å². The van der Waals surface area contributed by atoms with Gasteiger partial charge in [-0.25, -0.2) is 9.50 Å². The molecule has 0 bridgehead atoms. The first-order valence-corrected chi connectivity index (χ1v) is 11.6. The third-order valence-corrected chi connectivity index (χ3v) is 7.12. The zero-order valence-electron chi connectivity index (χ0n) is 20.3. The van der Waals surface area contributed by atoms with E-state index in [0.717, 1.165) is 29.8 Å². The highest BCUT2D eigenvalue weighted by molar-refractivity contribution is 5.92. The fourth-order valence-electron chi connectivity index (χ4n) is 4.99. The molecule has 0 saturated carbocycles. The van der Waals surface area contributed by atoms with Gasteiger partial charge in [-0.3, -0.25) is 9.69 Å². The highest BCUT2D eigenvalue weighted by atomic mass is 16.2. The number of pyridine rings is 1. The van der Waals surface area contributed by atoms with Crippen LogP contribution in [-0.4, -0.2) is 69.0 Å². The number of aromatic nitrogens is 4. The first kappa shape index (κ1) is 21.6. The number of benzene rings is 1. The maximum atomic E-state index is 12.0. The number of likely N-dealkylation sites (N-methyl/N-ethyl adjacent to an activating group) is 1. The quantitative estimate of drug-likeness (QED) is 0.503. The number of aromatic amines is 1. The van der Waals surface area contributed by atoms with Gasteiger partial charge in [-0.05, 0) is 54.2 Å². The molecule has 33 heavy (non-hydrogen) atoms. The van der Waals surface area contributed by atoms with Gasteiger partial charge in [-0.1, -0.05) is 19.9 Å². The van der Waals surface area contributed by atoms with Crippen LogP contribution in [0.5, 0.6) is 0 Å². The van der Waals surface area contributed by atoms with E-state index in [1.54, 1.807) is 11.2 Å². The number of likely N-dealkylation sites (tertiary alicyclic amines) is 1. The minimum absolute atomic E-state index is 0.163. The molecule has 0 atom stereocenters. The van der Waals surface area contributed by atoms with Gasteiger partial charge in [0.05, 0.1) is 12.2 Å². The number of rotatable bonds is 5. The van der Waals surface area contributed by atoms with Crippen molar-refractivity contribution in [3.05, 3.63) is 53.0 Å². The Labute approximate surface area is 194 Å². The normalized spacial score (nSPS) is 15.0. The van der Waals surface area contributed by atoms with Crippen LogP contribution in [0.4, 0.5) is 0 Å². The average Bonchev–Trinajstić information content (AvgIpc) is 3.36. The molecular formula is C26H32N6O. The number of aryl methyl sites for hydroxylation is 1. The van der Waals surface area contributed by atoms with E-state index in [1.165, 1.54) is 33.3 Å². The predicted octanol–water partition coefficient (Wildman–Crippen LogP) is 4.11. The van der Waals surface area contributed by atoms with Crippen molar-refractivity contribution in [2.45, 2.75) is 39.5 Å². The van der Waals surface area contributed by atoms with Gasteiger partial charge in [0.25, 0.3) is 0 Å². The molecule has 0 aliphatic carbocycles. The Kier molecular flexibility index (Phi) is 5.24. The molecular weight excluding hydrogens is 412 g/mol. The lowest BCUT2D eigenvalue weighted by atomic mass is 9.88. The molecule has 1 saturated heterocycles. The van der Waals surface area contributed by atoms with E-state index >= 15 is 0 Å². The summed E-state index contributed by atoms with van der Waals surface area (Å²) in [5.41, 5.74) is 9.47. The highest BCUT2D eigenvalue weighted by Crippen LogP contribution is 2.39. The number of carbonyl (C=O) groups is 1. The summed E-state index contributed by atoms with van der Waals surface area (Å²) in [5, 5.41) is 5.68. The van der Waals surface area contributed by atoms with Gasteiger partial charge in [0.15, 0.2) is 5.65 Å². The van der Waals surface area contributed by atoms with Crippen LogP contribution in [0.3, 0.4) is 0 Å². The smallest absolute Gasteiger partial charge is 0.236 e. The second-order valence-corrected chi connectivity index (χ2v) is 9.87. The number of fused-ring (bicyclic) bond motifs is 2. The standard InChI is InChI=1S/C26H32N6O/c1-15(2)24-20-9-18(19-10-31(11-19)13-23(33)30(5)6)7-8-22(20)29-25(24)21-12-32-26(27-14-28-32)17(4)16(21)3/h7-9,12,14-15,19,29H,10-11,13H2,1-6H3. The number of nitrogens with zero attached hydrogens (tertiary/aromatic N) is 5. The van der Waals surface area contributed by atoms with E-state index in [-0.39, 0.29) is 5.91 Å². The molecule has 1 aliphatic heterocycles. The van der Waals surface area contributed by atoms with Crippen LogP contribution in [0, 0.1) is 13.8 Å². The van der Waals surface area contributed by atoms with E-state index < -0.39 is 0 Å². The topological polar surface area (TPSA) is 69.5 Å². The molecule has 0 spiro atoms. The van der Waals surface area contributed by atoms with Crippen molar-refractivity contribution in [1.29, 1.82) is 0 Å². The predicted molar refractivity (Wildman–Crippen MR) is 132 cm³/mol. The SMILES string of the molecule is Cc1c(-c2[nH]c3ccc(C4CN(CC(=O)N(C)C)C4)cc3c2C(C)C)cn2ncnc2c1C. The molecule has 1 aromatic carbocycles. The van der Waals surface area contributed by atoms with Gasteiger partial charge in [-0.15, -0.1) is 0 Å². The lowest BCUT2D eigenvalue weighted by molar-refractivity contribution is -0.131. The number of nitrogens with one attached hydrogen (secondary N) is 1. The summed E-state index contributed by atoms with van der Waals surface area (Å²) in [4.78, 5) is 24.0. The Hall–Kier alpha value is -3.19. The van der Waals surface area contributed by atoms with Gasteiger partial charge in [-0.2, -0.15) is 5.10 Å². The van der Waals surface area contributed by atoms with Crippen LogP contribution in [0.1, 0.15) is 47.9 Å². The fraction of sp³-hybridized carbons (Fsp3) is 0.423. The largest absolute Gasteiger partial charge is 0.354 e. The number of hydrogen-bond acceptors (Lipinski definition) is 4. The third kappa shape index (κ3) is 3.60. The summed E-state index contributed by atoms with van der Waals surface area (Å²) < 4.78 is 1.87. The zero-order valence-corrected chi connectivity index (χ0v) is 20.3. The van der Waals surface area contributed by atoms with Crippen LogP contribution in [0.15, 0.2) is 30.7 Å². The Morgan fingerprint density at radius 3 is 2.67 bits per heavy atom. The van der Waals surface area contributed by atoms with Crippen molar-refractivity contribution in [1.82, 2.24) is 29.4 Å². The maximum absolute atomic E-state index is 12.0. The molecule has 1 fully saturated rings. The van der Waals surface area contributed by atoms with Gasteiger partial charge in [0.1, 0.15) is 6.33 Å². The summed E-state index contributed by atoms with van der Waals surface area (Å²) in [7, 11) is 3.63. The van der Waals surface area contributed by atoms with Crippen LogP contribution in [0.25, 0.3) is 27.8 Å². The highest BCUT2D eigenvalue weighted by Gasteiger charge is 2.30. The van der Waals surface area contributed by atoms with Crippen LogP contribution in [0.2, 0.25) is 0 Å².